The summed E-state index contributed by atoms with van der Waals surface area (Å²) in [7, 11) is 0. The lowest BCUT2D eigenvalue weighted by atomic mass is 9.89. The van der Waals surface area contributed by atoms with Crippen LogP contribution in [0.5, 0.6) is 0 Å². The second-order valence-corrected chi connectivity index (χ2v) is 4.35. The molecular formula is C14H18. The Balaban J connectivity index is 2.21. The van der Waals surface area contributed by atoms with Crippen LogP contribution in [0.3, 0.4) is 0 Å². The highest BCUT2D eigenvalue weighted by molar-refractivity contribution is 5.26. The molecule has 0 aliphatic heterocycles. The van der Waals surface area contributed by atoms with Gasteiger partial charge in [0.05, 0.1) is 0 Å². The van der Waals surface area contributed by atoms with Crippen LogP contribution in [0, 0.1) is 12.8 Å². The van der Waals surface area contributed by atoms with Gasteiger partial charge in [0.1, 0.15) is 0 Å². The second-order valence-electron chi connectivity index (χ2n) is 4.35. The Morgan fingerprint density at radius 2 is 1.93 bits per heavy atom. The minimum absolute atomic E-state index is 0.706. The lowest BCUT2D eigenvalue weighted by Gasteiger charge is -2.16. The predicted molar refractivity (Wildman–Crippen MR) is 61.5 cm³/mol. The van der Waals surface area contributed by atoms with Crippen molar-refractivity contribution in [3.63, 3.8) is 0 Å². The van der Waals surface area contributed by atoms with Crippen molar-refractivity contribution in [2.24, 2.45) is 5.92 Å². The van der Waals surface area contributed by atoms with Crippen LogP contribution in [0.25, 0.3) is 0 Å². The van der Waals surface area contributed by atoms with Gasteiger partial charge in [0, 0.05) is 0 Å². The van der Waals surface area contributed by atoms with Gasteiger partial charge < -0.3 is 0 Å². The standard InChI is InChI=1S/C14H18/c1-3-12-5-4-6-14(12)13-9-7-11(2)8-10-13/h3,7-10,12,14H,1,4-6H2,2H3. The summed E-state index contributed by atoms with van der Waals surface area (Å²) in [4.78, 5) is 0. The first-order valence-electron chi connectivity index (χ1n) is 5.50. The molecule has 0 nitrogen and oxygen atoms in total. The molecule has 1 saturated carbocycles. The van der Waals surface area contributed by atoms with Crippen LogP contribution in [0.4, 0.5) is 0 Å². The smallest absolute Gasteiger partial charge is 0.00991 e. The van der Waals surface area contributed by atoms with Crippen molar-refractivity contribution in [3.05, 3.63) is 48.0 Å². The quantitative estimate of drug-likeness (QED) is 0.611. The number of rotatable bonds is 2. The number of benzene rings is 1. The SMILES string of the molecule is C=CC1CCCC1c1ccc(C)cc1. The molecule has 1 aromatic carbocycles. The highest BCUT2D eigenvalue weighted by Gasteiger charge is 2.25. The molecule has 0 heterocycles. The van der Waals surface area contributed by atoms with Gasteiger partial charge in [-0.3, -0.25) is 0 Å². The number of aryl methyl sites for hydroxylation is 1. The van der Waals surface area contributed by atoms with Crippen molar-refractivity contribution >= 4 is 0 Å². The predicted octanol–water partition coefficient (Wildman–Crippen LogP) is 4.06. The van der Waals surface area contributed by atoms with Crippen molar-refractivity contribution in [1.29, 1.82) is 0 Å². The van der Waals surface area contributed by atoms with E-state index in [0.717, 1.165) is 5.92 Å². The van der Waals surface area contributed by atoms with Crippen molar-refractivity contribution in [1.82, 2.24) is 0 Å². The third-order valence-corrected chi connectivity index (χ3v) is 3.38. The molecule has 74 valence electrons. The van der Waals surface area contributed by atoms with Gasteiger partial charge in [-0.15, -0.1) is 6.58 Å². The lowest BCUT2D eigenvalue weighted by Crippen LogP contribution is -2.02. The highest BCUT2D eigenvalue weighted by Crippen LogP contribution is 2.39. The Kier molecular flexibility index (Phi) is 2.72. The van der Waals surface area contributed by atoms with E-state index in [1.54, 1.807) is 0 Å². The van der Waals surface area contributed by atoms with Gasteiger partial charge in [-0.25, -0.2) is 0 Å². The van der Waals surface area contributed by atoms with Crippen LogP contribution in [-0.4, -0.2) is 0 Å². The van der Waals surface area contributed by atoms with Crippen LogP contribution in [0.2, 0.25) is 0 Å². The van der Waals surface area contributed by atoms with Gasteiger partial charge in [0.15, 0.2) is 0 Å². The Labute approximate surface area is 86.7 Å². The molecule has 1 aliphatic rings. The average Bonchev–Trinajstić information content (AvgIpc) is 2.67. The number of hydrogen-bond acceptors (Lipinski definition) is 0. The van der Waals surface area contributed by atoms with Crippen molar-refractivity contribution < 1.29 is 0 Å². The van der Waals surface area contributed by atoms with Crippen LogP contribution < -0.4 is 0 Å². The van der Waals surface area contributed by atoms with E-state index in [4.69, 9.17) is 0 Å². The van der Waals surface area contributed by atoms with E-state index in [1.165, 1.54) is 30.4 Å². The first-order valence-corrected chi connectivity index (χ1v) is 5.50. The molecule has 14 heavy (non-hydrogen) atoms. The fourth-order valence-electron chi connectivity index (χ4n) is 2.50. The van der Waals surface area contributed by atoms with Gasteiger partial charge in [0.25, 0.3) is 0 Å². The first-order chi connectivity index (χ1) is 6.81. The molecule has 0 heteroatoms. The molecule has 2 atom stereocenters. The molecule has 2 rings (SSSR count). The van der Waals surface area contributed by atoms with E-state index in [9.17, 15) is 0 Å². The van der Waals surface area contributed by atoms with E-state index in [-0.39, 0.29) is 0 Å². The molecule has 1 aromatic rings. The summed E-state index contributed by atoms with van der Waals surface area (Å²) in [5.41, 5.74) is 2.85. The molecular weight excluding hydrogens is 168 g/mol. The Bertz CT molecular complexity index is 307. The monoisotopic (exact) mass is 186 g/mol. The maximum Gasteiger partial charge on any atom is -0.00991 e. The molecule has 0 amide bonds. The molecule has 0 saturated heterocycles. The molecule has 0 bridgehead atoms. The second kappa shape index (κ2) is 4.00. The van der Waals surface area contributed by atoms with Crippen molar-refractivity contribution in [2.45, 2.75) is 32.1 Å². The van der Waals surface area contributed by atoms with Crippen LogP contribution in [0.1, 0.15) is 36.3 Å². The van der Waals surface area contributed by atoms with E-state index in [0.29, 0.717) is 5.92 Å². The third-order valence-electron chi connectivity index (χ3n) is 3.38. The Hall–Kier alpha value is -1.04. The number of allylic oxidation sites excluding steroid dienone is 1. The topological polar surface area (TPSA) is 0 Å². The van der Waals surface area contributed by atoms with Gasteiger partial charge in [-0.2, -0.15) is 0 Å². The van der Waals surface area contributed by atoms with E-state index in [1.807, 2.05) is 0 Å². The highest BCUT2D eigenvalue weighted by atomic mass is 14.3. The summed E-state index contributed by atoms with van der Waals surface area (Å²) in [5, 5.41) is 0. The zero-order chi connectivity index (χ0) is 9.97. The summed E-state index contributed by atoms with van der Waals surface area (Å²) in [5.74, 6) is 1.44. The van der Waals surface area contributed by atoms with Gasteiger partial charge >= 0.3 is 0 Å². The summed E-state index contributed by atoms with van der Waals surface area (Å²) in [6.07, 6.45) is 6.15. The van der Waals surface area contributed by atoms with Crippen LogP contribution in [0.15, 0.2) is 36.9 Å². The average molecular weight is 186 g/mol. The molecule has 0 N–H and O–H groups in total. The van der Waals surface area contributed by atoms with Gasteiger partial charge in [-0.05, 0) is 37.2 Å². The minimum atomic E-state index is 0.706. The largest absolute Gasteiger partial charge is 0.103 e. The zero-order valence-electron chi connectivity index (χ0n) is 8.87. The van der Waals surface area contributed by atoms with E-state index in [2.05, 4.69) is 43.8 Å². The minimum Gasteiger partial charge on any atom is -0.103 e. The first kappa shape index (κ1) is 9.51. The maximum atomic E-state index is 3.94. The molecule has 1 aliphatic carbocycles. The Morgan fingerprint density at radius 1 is 1.21 bits per heavy atom. The fraction of sp³-hybridized carbons (Fsp3) is 0.429. The normalized spacial score (nSPS) is 26.4. The molecule has 0 spiro atoms. The van der Waals surface area contributed by atoms with Crippen molar-refractivity contribution in [2.75, 3.05) is 0 Å². The summed E-state index contributed by atoms with van der Waals surface area (Å²) < 4.78 is 0. The van der Waals surface area contributed by atoms with Crippen LogP contribution in [-0.2, 0) is 0 Å². The van der Waals surface area contributed by atoms with Gasteiger partial charge in [-0.1, -0.05) is 42.3 Å². The third kappa shape index (κ3) is 1.75. The van der Waals surface area contributed by atoms with Crippen LogP contribution >= 0.6 is 0 Å². The fourth-order valence-corrected chi connectivity index (χ4v) is 2.50. The number of hydrogen-bond donors (Lipinski definition) is 0. The van der Waals surface area contributed by atoms with E-state index >= 15 is 0 Å². The van der Waals surface area contributed by atoms with Gasteiger partial charge in [0.2, 0.25) is 0 Å². The maximum absolute atomic E-state index is 3.94. The Morgan fingerprint density at radius 3 is 2.57 bits per heavy atom. The zero-order valence-corrected chi connectivity index (χ0v) is 8.87. The molecule has 2 unspecified atom stereocenters. The summed E-state index contributed by atoms with van der Waals surface area (Å²) in [6.45, 7) is 6.08. The van der Waals surface area contributed by atoms with Crippen molar-refractivity contribution in [3.8, 4) is 0 Å². The molecule has 1 fully saturated rings. The molecule has 0 aromatic heterocycles. The summed E-state index contributed by atoms with van der Waals surface area (Å²) >= 11 is 0. The summed E-state index contributed by atoms with van der Waals surface area (Å²) in [6, 6.07) is 8.99. The molecule has 0 radical (unpaired) electrons. The lowest BCUT2D eigenvalue weighted by molar-refractivity contribution is 0.592. The van der Waals surface area contributed by atoms with E-state index < -0.39 is 0 Å².